The Balaban J connectivity index is 0.00000361. The summed E-state index contributed by atoms with van der Waals surface area (Å²) in [6.07, 6.45) is 1.05. The molecule has 0 aromatic heterocycles. The second-order valence-corrected chi connectivity index (χ2v) is 4.06. The topological polar surface area (TPSA) is 71.9 Å². The van der Waals surface area contributed by atoms with Crippen LogP contribution in [0.2, 0.25) is 0 Å². The molecule has 5 heteroatoms. The quantitative estimate of drug-likeness (QED) is 0.632. The minimum atomic E-state index is 0. The molecule has 1 rings (SSSR count). The number of rotatable bonds is 11. The molecule has 0 bridgehead atoms. The highest BCUT2D eigenvalue weighted by molar-refractivity contribution is 5.27. The van der Waals surface area contributed by atoms with Crippen molar-refractivity contribution in [3.8, 4) is 5.75 Å². The molecule has 5 nitrogen and oxygen atoms in total. The molecule has 0 aliphatic rings. The summed E-state index contributed by atoms with van der Waals surface area (Å²) >= 11 is 0. The van der Waals surface area contributed by atoms with Gasteiger partial charge >= 0.3 is 0 Å². The van der Waals surface area contributed by atoms with Crippen molar-refractivity contribution in [2.75, 3.05) is 46.8 Å². The summed E-state index contributed by atoms with van der Waals surface area (Å²) in [6, 6.07) is 8.15. The van der Waals surface area contributed by atoms with Crippen LogP contribution in [0.4, 0.5) is 0 Å². The van der Waals surface area contributed by atoms with E-state index in [1.54, 1.807) is 7.11 Å². The zero-order chi connectivity index (χ0) is 13.8. The van der Waals surface area contributed by atoms with Crippen molar-refractivity contribution in [1.29, 1.82) is 0 Å². The molecule has 0 saturated carbocycles. The van der Waals surface area contributed by atoms with Gasteiger partial charge in [0.1, 0.15) is 12.4 Å². The number of ether oxygens (including phenoxy) is 4. The van der Waals surface area contributed by atoms with Crippen LogP contribution in [-0.2, 0) is 20.6 Å². The molecule has 0 aliphatic carbocycles. The Labute approximate surface area is 121 Å². The highest BCUT2D eigenvalue weighted by Gasteiger charge is 1.95. The predicted molar refractivity (Wildman–Crippen MR) is 79.9 cm³/mol. The maximum absolute atomic E-state index is 5.56. The SMILES string of the molecule is CCc1ccc(OCCOCCOCCOC)cc1.N. The molecule has 0 heterocycles. The van der Waals surface area contributed by atoms with E-state index in [0.29, 0.717) is 39.6 Å². The Hall–Kier alpha value is -1.14. The summed E-state index contributed by atoms with van der Waals surface area (Å²) in [5, 5.41) is 0. The summed E-state index contributed by atoms with van der Waals surface area (Å²) in [7, 11) is 1.66. The van der Waals surface area contributed by atoms with Crippen LogP contribution in [0.25, 0.3) is 0 Å². The molecule has 1 aromatic carbocycles. The molecule has 0 unspecified atom stereocenters. The van der Waals surface area contributed by atoms with E-state index in [0.717, 1.165) is 12.2 Å². The Morgan fingerprint density at radius 2 is 1.35 bits per heavy atom. The van der Waals surface area contributed by atoms with Crippen molar-refractivity contribution >= 4 is 0 Å². The molecule has 1 aromatic rings. The van der Waals surface area contributed by atoms with Crippen LogP contribution < -0.4 is 10.9 Å². The number of methoxy groups -OCH3 is 1. The minimum Gasteiger partial charge on any atom is -0.491 e. The lowest BCUT2D eigenvalue weighted by Gasteiger charge is -2.08. The van der Waals surface area contributed by atoms with E-state index in [1.165, 1.54) is 5.56 Å². The second kappa shape index (κ2) is 12.9. The van der Waals surface area contributed by atoms with Crippen molar-refractivity contribution in [2.45, 2.75) is 13.3 Å². The van der Waals surface area contributed by atoms with Gasteiger partial charge in [0.2, 0.25) is 0 Å². The Kier molecular flexibility index (Phi) is 12.1. The Morgan fingerprint density at radius 1 is 0.800 bits per heavy atom. The van der Waals surface area contributed by atoms with Crippen LogP contribution in [0.15, 0.2) is 24.3 Å². The minimum absolute atomic E-state index is 0. The maximum atomic E-state index is 5.56. The van der Waals surface area contributed by atoms with Gasteiger partial charge in [-0.2, -0.15) is 0 Å². The first-order chi connectivity index (χ1) is 9.36. The molecule has 0 amide bonds. The fraction of sp³-hybridized carbons (Fsp3) is 0.600. The van der Waals surface area contributed by atoms with E-state index in [-0.39, 0.29) is 6.15 Å². The number of hydrogen-bond acceptors (Lipinski definition) is 5. The smallest absolute Gasteiger partial charge is 0.119 e. The monoisotopic (exact) mass is 285 g/mol. The van der Waals surface area contributed by atoms with Crippen LogP contribution >= 0.6 is 0 Å². The second-order valence-electron chi connectivity index (χ2n) is 4.06. The van der Waals surface area contributed by atoms with E-state index < -0.39 is 0 Å². The zero-order valence-electron chi connectivity index (χ0n) is 12.6. The van der Waals surface area contributed by atoms with Crippen molar-refractivity contribution in [2.24, 2.45) is 0 Å². The van der Waals surface area contributed by atoms with Gasteiger partial charge in [0, 0.05) is 7.11 Å². The van der Waals surface area contributed by atoms with Crippen molar-refractivity contribution in [1.82, 2.24) is 6.15 Å². The van der Waals surface area contributed by atoms with E-state index in [1.807, 2.05) is 12.1 Å². The normalized spacial score (nSPS) is 10.1. The molecule has 3 N–H and O–H groups in total. The third-order valence-electron chi connectivity index (χ3n) is 2.63. The van der Waals surface area contributed by atoms with Crippen LogP contribution in [0.3, 0.4) is 0 Å². The summed E-state index contributed by atoms with van der Waals surface area (Å²) < 4.78 is 21.1. The Morgan fingerprint density at radius 3 is 1.90 bits per heavy atom. The van der Waals surface area contributed by atoms with E-state index in [4.69, 9.17) is 18.9 Å². The molecule has 0 spiro atoms. The average molecular weight is 285 g/mol. The summed E-state index contributed by atoms with van der Waals surface area (Å²) in [4.78, 5) is 0. The maximum Gasteiger partial charge on any atom is 0.119 e. The van der Waals surface area contributed by atoms with Gasteiger partial charge in [-0.15, -0.1) is 0 Å². The van der Waals surface area contributed by atoms with Crippen molar-refractivity contribution in [3.63, 3.8) is 0 Å². The van der Waals surface area contributed by atoms with Crippen molar-refractivity contribution < 1.29 is 18.9 Å². The third-order valence-corrected chi connectivity index (χ3v) is 2.63. The standard InChI is InChI=1S/C15H24O4.H3N/c1-3-14-4-6-15(7-5-14)19-13-12-18-11-10-17-9-8-16-2;/h4-7H,3,8-13H2,1-2H3;1H3. The predicted octanol–water partition coefficient (Wildman–Crippen LogP) is 2.47. The van der Waals surface area contributed by atoms with Gasteiger partial charge in [0.15, 0.2) is 0 Å². The molecule has 116 valence electrons. The van der Waals surface area contributed by atoms with Crippen molar-refractivity contribution in [3.05, 3.63) is 29.8 Å². The highest BCUT2D eigenvalue weighted by atomic mass is 16.6. The summed E-state index contributed by atoms with van der Waals surface area (Å²) in [6.45, 7) is 5.68. The number of hydrogen-bond donors (Lipinski definition) is 1. The summed E-state index contributed by atoms with van der Waals surface area (Å²) in [5.41, 5.74) is 1.32. The molecular formula is C15H27NO4. The number of aryl methyl sites for hydroxylation is 1. The van der Waals surface area contributed by atoms with Gasteiger partial charge < -0.3 is 25.1 Å². The lowest BCUT2D eigenvalue weighted by atomic mass is 10.2. The largest absolute Gasteiger partial charge is 0.491 e. The zero-order valence-corrected chi connectivity index (χ0v) is 12.6. The molecule has 0 aliphatic heterocycles. The first-order valence-corrected chi connectivity index (χ1v) is 6.73. The molecular weight excluding hydrogens is 258 g/mol. The Bertz CT molecular complexity index is 316. The fourth-order valence-corrected chi connectivity index (χ4v) is 1.50. The summed E-state index contributed by atoms with van der Waals surface area (Å²) in [5.74, 6) is 0.886. The molecule has 20 heavy (non-hydrogen) atoms. The van der Waals surface area contributed by atoms with Gasteiger partial charge in [-0.05, 0) is 24.1 Å². The molecule has 0 fully saturated rings. The molecule has 0 saturated heterocycles. The fourth-order valence-electron chi connectivity index (χ4n) is 1.50. The van der Waals surface area contributed by atoms with Gasteiger partial charge in [-0.3, -0.25) is 0 Å². The first kappa shape index (κ1) is 18.9. The van der Waals surface area contributed by atoms with Gasteiger partial charge in [0.05, 0.1) is 33.0 Å². The van der Waals surface area contributed by atoms with E-state index >= 15 is 0 Å². The van der Waals surface area contributed by atoms with Crippen LogP contribution in [0.5, 0.6) is 5.75 Å². The third kappa shape index (κ3) is 8.87. The van der Waals surface area contributed by atoms with Gasteiger partial charge in [-0.25, -0.2) is 0 Å². The lowest BCUT2D eigenvalue weighted by molar-refractivity contribution is 0.0180. The van der Waals surface area contributed by atoms with Crippen LogP contribution in [-0.4, -0.2) is 46.8 Å². The first-order valence-electron chi connectivity index (χ1n) is 6.73. The van der Waals surface area contributed by atoms with Gasteiger partial charge in [-0.1, -0.05) is 19.1 Å². The van der Waals surface area contributed by atoms with Gasteiger partial charge in [0.25, 0.3) is 0 Å². The average Bonchev–Trinajstić information content (AvgIpc) is 2.46. The van der Waals surface area contributed by atoms with Crippen LogP contribution in [0, 0.1) is 0 Å². The highest BCUT2D eigenvalue weighted by Crippen LogP contribution is 2.12. The number of benzene rings is 1. The molecule has 0 atom stereocenters. The lowest BCUT2D eigenvalue weighted by Crippen LogP contribution is -2.12. The van der Waals surface area contributed by atoms with Crippen LogP contribution in [0.1, 0.15) is 12.5 Å². The van der Waals surface area contributed by atoms with E-state index in [9.17, 15) is 0 Å². The molecule has 0 radical (unpaired) electrons. The van der Waals surface area contributed by atoms with E-state index in [2.05, 4.69) is 19.1 Å².